The molecule has 1 unspecified atom stereocenters. The fourth-order valence-electron chi connectivity index (χ4n) is 1.45. The molecular formula is C12H14FN3O. The number of carbonyl (C=O) groups is 1. The topological polar surface area (TPSA) is 57.0 Å². The molecule has 1 heterocycles. The summed E-state index contributed by atoms with van der Waals surface area (Å²) in [6, 6.07) is 4.63. The van der Waals surface area contributed by atoms with Crippen LogP contribution in [0.15, 0.2) is 18.3 Å². The summed E-state index contributed by atoms with van der Waals surface area (Å²) >= 11 is 0. The zero-order valence-corrected chi connectivity index (χ0v) is 9.85. The van der Waals surface area contributed by atoms with Crippen molar-refractivity contribution in [1.82, 2.24) is 9.88 Å². The van der Waals surface area contributed by atoms with Gasteiger partial charge in [0.15, 0.2) is 0 Å². The monoisotopic (exact) mass is 235 g/mol. The van der Waals surface area contributed by atoms with Gasteiger partial charge in [-0.25, -0.2) is 4.98 Å². The van der Waals surface area contributed by atoms with E-state index in [1.807, 2.05) is 6.92 Å². The van der Waals surface area contributed by atoms with Crippen molar-refractivity contribution in [3.63, 3.8) is 0 Å². The van der Waals surface area contributed by atoms with Gasteiger partial charge in [-0.05, 0) is 19.9 Å². The van der Waals surface area contributed by atoms with Crippen LogP contribution in [-0.4, -0.2) is 28.9 Å². The molecule has 5 heteroatoms. The summed E-state index contributed by atoms with van der Waals surface area (Å²) in [6.07, 6.45) is 1.25. The van der Waals surface area contributed by atoms with Crippen LogP contribution in [0.25, 0.3) is 0 Å². The molecule has 0 fully saturated rings. The summed E-state index contributed by atoms with van der Waals surface area (Å²) in [4.78, 5) is 16.9. The van der Waals surface area contributed by atoms with Crippen LogP contribution in [0.4, 0.5) is 4.39 Å². The van der Waals surface area contributed by atoms with Gasteiger partial charge < -0.3 is 4.90 Å². The average Bonchev–Trinajstić information content (AvgIpc) is 2.34. The molecule has 1 aromatic heterocycles. The number of pyridine rings is 1. The maximum absolute atomic E-state index is 12.9. The van der Waals surface area contributed by atoms with E-state index in [2.05, 4.69) is 11.1 Å². The van der Waals surface area contributed by atoms with E-state index in [0.29, 0.717) is 13.1 Å². The van der Waals surface area contributed by atoms with Crippen LogP contribution in [0.3, 0.4) is 0 Å². The number of halogens is 1. The number of rotatable bonds is 4. The molecule has 0 saturated carbocycles. The molecule has 90 valence electrons. The predicted octanol–water partition coefficient (Wildman–Crippen LogP) is 1.84. The maximum Gasteiger partial charge on any atom is 0.254 e. The first-order valence-corrected chi connectivity index (χ1v) is 5.39. The zero-order valence-electron chi connectivity index (χ0n) is 9.85. The molecular weight excluding hydrogens is 221 g/mol. The highest BCUT2D eigenvalue weighted by Gasteiger charge is 2.17. The standard InChI is InChI=1S/C12H14FN3O/c1-3-16(8-9(2)7-14)12(17)10-4-5-15-11(13)6-10/h4-6,9H,3,8H2,1-2H3. The second-order valence-electron chi connectivity index (χ2n) is 3.74. The number of nitriles is 1. The van der Waals surface area contributed by atoms with E-state index in [4.69, 9.17) is 5.26 Å². The molecule has 1 rings (SSSR count). The Morgan fingerprint density at radius 3 is 2.94 bits per heavy atom. The van der Waals surface area contributed by atoms with Gasteiger partial charge in [0.05, 0.1) is 12.0 Å². The molecule has 0 bridgehead atoms. The van der Waals surface area contributed by atoms with Gasteiger partial charge in [-0.15, -0.1) is 0 Å². The lowest BCUT2D eigenvalue weighted by Gasteiger charge is -2.21. The van der Waals surface area contributed by atoms with Crippen LogP contribution in [0, 0.1) is 23.2 Å². The van der Waals surface area contributed by atoms with E-state index in [1.54, 1.807) is 6.92 Å². The van der Waals surface area contributed by atoms with Crippen molar-refractivity contribution in [3.8, 4) is 6.07 Å². The number of nitrogens with zero attached hydrogens (tertiary/aromatic N) is 3. The Labute approximate surface area is 99.7 Å². The first kappa shape index (κ1) is 13.1. The molecule has 0 spiro atoms. The van der Waals surface area contributed by atoms with Crippen molar-refractivity contribution < 1.29 is 9.18 Å². The summed E-state index contributed by atoms with van der Waals surface area (Å²) in [6.45, 7) is 4.38. The van der Waals surface area contributed by atoms with Crippen LogP contribution in [0.5, 0.6) is 0 Å². The van der Waals surface area contributed by atoms with Crippen LogP contribution >= 0.6 is 0 Å². The third-order valence-corrected chi connectivity index (χ3v) is 2.36. The van der Waals surface area contributed by atoms with Gasteiger partial charge in [0.1, 0.15) is 0 Å². The van der Waals surface area contributed by atoms with Crippen molar-refractivity contribution in [2.45, 2.75) is 13.8 Å². The van der Waals surface area contributed by atoms with Gasteiger partial charge >= 0.3 is 0 Å². The number of carbonyl (C=O) groups excluding carboxylic acids is 1. The number of aromatic nitrogens is 1. The van der Waals surface area contributed by atoms with Crippen molar-refractivity contribution in [1.29, 1.82) is 5.26 Å². The Morgan fingerprint density at radius 1 is 1.71 bits per heavy atom. The summed E-state index contributed by atoms with van der Waals surface area (Å²) in [7, 11) is 0. The highest BCUT2D eigenvalue weighted by Crippen LogP contribution is 2.07. The van der Waals surface area contributed by atoms with Crippen LogP contribution in [0.2, 0.25) is 0 Å². The first-order chi connectivity index (χ1) is 8.08. The van der Waals surface area contributed by atoms with Crippen molar-refractivity contribution >= 4 is 5.91 Å². The SMILES string of the molecule is CCN(CC(C)C#N)C(=O)c1ccnc(F)c1. The first-order valence-electron chi connectivity index (χ1n) is 5.39. The smallest absolute Gasteiger partial charge is 0.254 e. The van der Waals surface area contributed by atoms with Gasteiger partial charge in [0.2, 0.25) is 5.95 Å². The third kappa shape index (κ3) is 3.52. The summed E-state index contributed by atoms with van der Waals surface area (Å²) in [5.74, 6) is -1.21. The number of amides is 1. The third-order valence-electron chi connectivity index (χ3n) is 2.36. The van der Waals surface area contributed by atoms with Crippen LogP contribution < -0.4 is 0 Å². The van der Waals surface area contributed by atoms with Crippen molar-refractivity contribution in [2.24, 2.45) is 5.92 Å². The largest absolute Gasteiger partial charge is 0.338 e. The van der Waals surface area contributed by atoms with E-state index in [1.165, 1.54) is 17.2 Å². The van der Waals surface area contributed by atoms with E-state index in [0.717, 1.165) is 6.07 Å². The fourth-order valence-corrected chi connectivity index (χ4v) is 1.45. The molecule has 0 radical (unpaired) electrons. The van der Waals surface area contributed by atoms with E-state index < -0.39 is 5.95 Å². The highest BCUT2D eigenvalue weighted by molar-refractivity contribution is 5.94. The normalized spacial score (nSPS) is 11.6. The summed E-state index contributed by atoms with van der Waals surface area (Å²) in [5.41, 5.74) is 0.254. The van der Waals surface area contributed by atoms with Gasteiger partial charge in [-0.2, -0.15) is 9.65 Å². The second kappa shape index (κ2) is 5.94. The molecule has 0 aromatic carbocycles. The van der Waals surface area contributed by atoms with E-state index in [9.17, 15) is 9.18 Å². The van der Waals surface area contributed by atoms with Gasteiger partial charge in [-0.1, -0.05) is 0 Å². The molecule has 1 aromatic rings. The van der Waals surface area contributed by atoms with Gasteiger partial charge in [0.25, 0.3) is 5.91 Å². The molecule has 1 atom stereocenters. The Balaban J connectivity index is 2.83. The number of hydrogen-bond acceptors (Lipinski definition) is 3. The Morgan fingerprint density at radius 2 is 2.41 bits per heavy atom. The Hall–Kier alpha value is -1.96. The minimum atomic E-state index is -0.680. The molecule has 0 aliphatic rings. The molecule has 17 heavy (non-hydrogen) atoms. The Kier molecular flexibility index (Phi) is 4.58. The number of hydrogen-bond donors (Lipinski definition) is 0. The molecule has 0 N–H and O–H groups in total. The molecule has 0 aliphatic heterocycles. The van der Waals surface area contributed by atoms with Crippen molar-refractivity contribution in [2.75, 3.05) is 13.1 Å². The van der Waals surface area contributed by atoms with Crippen molar-refractivity contribution in [3.05, 3.63) is 29.8 Å². The van der Waals surface area contributed by atoms with Crippen LogP contribution in [-0.2, 0) is 0 Å². The van der Waals surface area contributed by atoms with E-state index in [-0.39, 0.29) is 17.4 Å². The highest BCUT2D eigenvalue weighted by atomic mass is 19.1. The molecule has 1 amide bonds. The minimum absolute atomic E-state index is 0.245. The van der Waals surface area contributed by atoms with Gasteiger partial charge in [-0.3, -0.25) is 4.79 Å². The predicted molar refractivity (Wildman–Crippen MR) is 60.5 cm³/mol. The Bertz CT molecular complexity index is 442. The maximum atomic E-state index is 12.9. The van der Waals surface area contributed by atoms with E-state index >= 15 is 0 Å². The van der Waals surface area contributed by atoms with Crippen LogP contribution in [0.1, 0.15) is 24.2 Å². The zero-order chi connectivity index (χ0) is 12.8. The lowest BCUT2D eigenvalue weighted by Crippen LogP contribution is -2.34. The second-order valence-corrected chi connectivity index (χ2v) is 3.74. The summed E-state index contributed by atoms with van der Waals surface area (Å²) in [5, 5.41) is 8.72. The quantitative estimate of drug-likeness (QED) is 0.748. The lowest BCUT2D eigenvalue weighted by molar-refractivity contribution is 0.0752. The average molecular weight is 235 g/mol. The minimum Gasteiger partial charge on any atom is -0.338 e. The molecule has 0 aliphatic carbocycles. The van der Waals surface area contributed by atoms with Gasteiger partial charge in [0, 0.05) is 30.9 Å². The summed E-state index contributed by atoms with van der Waals surface area (Å²) < 4.78 is 12.9. The lowest BCUT2D eigenvalue weighted by atomic mass is 10.1. The molecule has 4 nitrogen and oxygen atoms in total. The molecule has 0 saturated heterocycles. The fraction of sp³-hybridized carbons (Fsp3) is 0.417.